The van der Waals surface area contributed by atoms with Gasteiger partial charge in [0.25, 0.3) is 0 Å². The minimum absolute atomic E-state index is 0.0504. The molecule has 3 amide bonds. The molecule has 0 aliphatic carbocycles. The van der Waals surface area contributed by atoms with Gasteiger partial charge in [-0.15, -0.1) is 0 Å². The number of amides is 3. The average molecular weight is 451 g/mol. The van der Waals surface area contributed by atoms with E-state index in [0.717, 1.165) is 18.5 Å². The van der Waals surface area contributed by atoms with Crippen molar-refractivity contribution in [3.63, 3.8) is 0 Å². The van der Waals surface area contributed by atoms with Crippen LogP contribution in [-0.4, -0.2) is 62.5 Å². The minimum atomic E-state index is -0.164. The van der Waals surface area contributed by atoms with Crippen LogP contribution < -0.4 is 19.9 Å². The quantitative estimate of drug-likeness (QED) is 0.702. The van der Waals surface area contributed by atoms with Gasteiger partial charge in [-0.25, -0.2) is 4.79 Å². The third kappa shape index (κ3) is 5.10. The van der Waals surface area contributed by atoms with Crippen LogP contribution in [0.5, 0.6) is 5.75 Å². The SMILES string of the molecule is COc1ccc(NC(=O)N2CCN(c3ccc(C(C)=O)cc3)CC2)cc1N1CCCCC1=O. The number of hydrogen-bond acceptors (Lipinski definition) is 5. The van der Waals surface area contributed by atoms with E-state index in [9.17, 15) is 14.4 Å². The van der Waals surface area contributed by atoms with E-state index in [2.05, 4.69) is 10.2 Å². The standard InChI is InChI=1S/C25H30N4O4/c1-18(30)19-6-9-21(10-7-19)27-13-15-28(16-14-27)25(32)26-20-8-11-23(33-2)22(17-20)29-12-4-3-5-24(29)31/h6-11,17H,3-5,12-16H2,1-2H3,(H,26,32). The van der Waals surface area contributed by atoms with Crippen molar-refractivity contribution in [2.24, 2.45) is 0 Å². The number of ketones is 1. The maximum absolute atomic E-state index is 12.9. The molecule has 0 atom stereocenters. The predicted octanol–water partition coefficient (Wildman–Crippen LogP) is 3.77. The van der Waals surface area contributed by atoms with Gasteiger partial charge >= 0.3 is 6.03 Å². The molecule has 2 aliphatic heterocycles. The summed E-state index contributed by atoms with van der Waals surface area (Å²) in [4.78, 5) is 42.5. The number of nitrogens with zero attached hydrogens (tertiary/aromatic N) is 3. The van der Waals surface area contributed by atoms with Crippen LogP contribution >= 0.6 is 0 Å². The van der Waals surface area contributed by atoms with E-state index in [1.807, 2.05) is 30.3 Å². The topological polar surface area (TPSA) is 82.2 Å². The van der Waals surface area contributed by atoms with E-state index in [1.54, 1.807) is 36.0 Å². The lowest BCUT2D eigenvalue weighted by Crippen LogP contribution is -2.50. The van der Waals surface area contributed by atoms with Crippen molar-refractivity contribution in [3.8, 4) is 5.75 Å². The summed E-state index contributed by atoms with van der Waals surface area (Å²) in [5, 5.41) is 2.97. The van der Waals surface area contributed by atoms with Crippen LogP contribution in [0.2, 0.25) is 0 Å². The summed E-state index contributed by atoms with van der Waals surface area (Å²) in [7, 11) is 1.58. The molecule has 0 bridgehead atoms. The molecule has 0 aromatic heterocycles. The number of urea groups is 1. The summed E-state index contributed by atoms with van der Waals surface area (Å²) in [5.41, 5.74) is 3.07. The zero-order valence-corrected chi connectivity index (χ0v) is 19.2. The van der Waals surface area contributed by atoms with Gasteiger partial charge < -0.3 is 24.8 Å². The molecule has 0 unspecified atom stereocenters. The monoisotopic (exact) mass is 450 g/mol. The number of rotatable bonds is 5. The number of carbonyl (C=O) groups excluding carboxylic acids is 3. The van der Waals surface area contributed by atoms with Gasteiger partial charge in [-0.1, -0.05) is 0 Å². The van der Waals surface area contributed by atoms with Crippen molar-refractivity contribution in [2.75, 3.05) is 55.0 Å². The van der Waals surface area contributed by atoms with E-state index in [4.69, 9.17) is 4.74 Å². The van der Waals surface area contributed by atoms with Gasteiger partial charge in [0.15, 0.2) is 5.78 Å². The number of carbonyl (C=O) groups is 3. The Bertz CT molecular complexity index is 1030. The predicted molar refractivity (Wildman–Crippen MR) is 128 cm³/mol. The van der Waals surface area contributed by atoms with Crippen molar-refractivity contribution < 1.29 is 19.1 Å². The molecule has 0 spiro atoms. The first-order valence-electron chi connectivity index (χ1n) is 11.4. The van der Waals surface area contributed by atoms with Crippen molar-refractivity contribution in [3.05, 3.63) is 48.0 Å². The Morgan fingerprint density at radius 1 is 0.939 bits per heavy atom. The van der Waals surface area contributed by atoms with Crippen LogP contribution in [0.4, 0.5) is 21.9 Å². The van der Waals surface area contributed by atoms with Crippen LogP contribution in [0.15, 0.2) is 42.5 Å². The number of piperazine rings is 1. The Kier molecular flexibility index (Phi) is 6.82. The molecule has 8 nitrogen and oxygen atoms in total. The minimum Gasteiger partial charge on any atom is -0.495 e. The van der Waals surface area contributed by atoms with E-state index < -0.39 is 0 Å². The summed E-state index contributed by atoms with van der Waals surface area (Å²) < 4.78 is 5.46. The first-order valence-corrected chi connectivity index (χ1v) is 11.4. The Balaban J connectivity index is 1.38. The molecule has 0 radical (unpaired) electrons. The van der Waals surface area contributed by atoms with Gasteiger partial charge in [0.1, 0.15) is 5.75 Å². The Morgan fingerprint density at radius 2 is 1.67 bits per heavy atom. The molecule has 0 saturated carbocycles. The van der Waals surface area contributed by atoms with Crippen molar-refractivity contribution in [1.29, 1.82) is 0 Å². The Morgan fingerprint density at radius 3 is 2.30 bits per heavy atom. The van der Waals surface area contributed by atoms with Gasteiger partial charge in [-0.2, -0.15) is 0 Å². The summed E-state index contributed by atoms with van der Waals surface area (Å²) in [6.07, 6.45) is 2.38. The van der Waals surface area contributed by atoms with Crippen LogP contribution in [0, 0.1) is 0 Å². The number of ether oxygens (including phenoxy) is 1. The zero-order valence-electron chi connectivity index (χ0n) is 19.2. The van der Waals surface area contributed by atoms with Gasteiger partial charge in [0.2, 0.25) is 5.91 Å². The third-order valence-electron chi connectivity index (χ3n) is 6.25. The summed E-state index contributed by atoms with van der Waals surface area (Å²) in [6.45, 7) is 4.82. The number of methoxy groups -OCH3 is 1. The van der Waals surface area contributed by atoms with Crippen molar-refractivity contribution in [1.82, 2.24) is 4.90 Å². The van der Waals surface area contributed by atoms with E-state index in [1.165, 1.54) is 0 Å². The van der Waals surface area contributed by atoms with Crippen molar-refractivity contribution in [2.45, 2.75) is 26.2 Å². The van der Waals surface area contributed by atoms with Gasteiger partial charge in [-0.3, -0.25) is 9.59 Å². The highest BCUT2D eigenvalue weighted by Crippen LogP contribution is 2.33. The molecule has 33 heavy (non-hydrogen) atoms. The molecule has 2 aromatic rings. The Hall–Kier alpha value is -3.55. The highest BCUT2D eigenvalue weighted by atomic mass is 16.5. The van der Waals surface area contributed by atoms with Crippen molar-refractivity contribution >= 4 is 34.8 Å². The van der Waals surface area contributed by atoms with E-state index >= 15 is 0 Å². The molecule has 2 aromatic carbocycles. The normalized spacial score (nSPS) is 16.5. The molecule has 8 heteroatoms. The highest BCUT2D eigenvalue weighted by Gasteiger charge is 2.25. The van der Waals surface area contributed by atoms with Crippen LogP contribution in [0.25, 0.3) is 0 Å². The van der Waals surface area contributed by atoms with Crippen LogP contribution in [0.1, 0.15) is 36.5 Å². The molecule has 174 valence electrons. The largest absolute Gasteiger partial charge is 0.495 e. The molecular weight excluding hydrogens is 420 g/mol. The first-order chi connectivity index (χ1) is 16.0. The second-order valence-corrected chi connectivity index (χ2v) is 8.40. The fourth-order valence-electron chi connectivity index (χ4n) is 4.32. The fraction of sp³-hybridized carbons (Fsp3) is 0.400. The summed E-state index contributed by atoms with van der Waals surface area (Å²) >= 11 is 0. The summed E-state index contributed by atoms with van der Waals surface area (Å²) in [5.74, 6) is 0.748. The van der Waals surface area contributed by atoms with Gasteiger partial charge in [0.05, 0.1) is 12.8 Å². The smallest absolute Gasteiger partial charge is 0.321 e. The lowest BCUT2D eigenvalue weighted by atomic mass is 10.1. The first kappa shape index (κ1) is 22.6. The number of piperidine rings is 1. The average Bonchev–Trinajstić information content (AvgIpc) is 2.84. The number of nitrogens with one attached hydrogen (secondary N) is 1. The maximum Gasteiger partial charge on any atom is 0.321 e. The molecule has 2 aliphatic rings. The highest BCUT2D eigenvalue weighted by molar-refractivity contribution is 5.97. The Labute approximate surface area is 194 Å². The second kappa shape index (κ2) is 9.94. The van der Waals surface area contributed by atoms with Gasteiger partial charge in [0, 0.05) is 56.1 Å². The number of anilines is 3. The molecule has 2 fully saturated rings. The van der Waals surface area contributed by atoms with E-state index in [-0.39, 0.29) is 17.7 Å². The number of benzene rings is 2. The number of Topliss-reactive ketones (excluding diaryl/α,β-unsaturated/α-hetero) is 1. The summed E-state index contributed by atoms with van der Waals surface area (Å²) in [6, 6.07) is 12.8. The number of hydrogen-bond donors (Lipinski definition) is 1. The molecule has 1 N–H and O–H groups in total. The molecular formula is C25H30N4O4. The van der Waals surface area contributed by atoms with Crippen LogP contribution in [-0.2, 0) is 4.79 Å². The second-order valence-electron chi connectivity index (χ2n) is 8.40. The van der Waals surface area contributed by atoms with Crippen LogP contribution in [0.3, 0.4) is 0 Å². The lowest BCUT2D eigenvalue weighted by molar-refractivity contribution is -0.119. The van der Waals surface area contributed by atoms with Gasteiger partial charge in [-0.05, 0) is 62.2 Å². The molecule has 4 rings (SSSR count). The maximum atomic E-state index is 12.9. The lowest BCUT2D eigenvalue weighted by Gasteiger charge is -2.36. The molecule has 2 saturated heterocycles. The zero-order chi connectivity index (χ0) is 23.4. The fourth-order valence-corrected chi connectivity index (χ4v) is 4.32. The van der Waals surface area contributed by atoms with E-state index in [0.29, 0.717) is 61.8 Å². The third-order valence-corrected chi connectivity index (χ3v) is 6.25. The molecule has 2 heterocycles.